The minimum atomic E-state index is 0.206. The zero-order valence-electron chi connectivity index (χ0n) is 12.1. The van der Waals surface area contributed by atoms with Crippen molar-refractivity contribution in [2.75, 3.05) is 6.54 Å². The quantitative estimate of drug-likeness (QED) is 0.856. The predicted octanol–water partition coefficient (Wildman–Crippen LogP) is 4.33. The lowest BCUT2D eigenvalue weighted by molar-refractivity contribution is 0.524. The SMILES string of the molecule is CCCNC(Cc1ccccn1)c1cccc(C)c1Cl. The molecule has 106 valence electrons. The molecule has 2 aromatic rings. The molecule has 1 heterocycles. The van der Waals surface area contributed by atoms with E-state index in [2.05, 4.69) is 35.4 Å². The van der Waals surface area contributed by atoms with Crippen molar-refractivity contribution in [3.8, 4) is 0 Å². The molecule has 1 atom stereocenters. The third-order valence-corrected chi connectivity index (χ3v) is 3.89. The van der Waals surface area contributed by atoms with Gasteiger partial charge in [-0.15, -0.1) is 0 Å². The molecule has 2 rings (SSSR count). The summed E-state index contributed by atoms with van der Waals surface area (Å²) in [5, 5.41) is 4.44. The van der Waals surface area contributed by atoms with Crippen LogP contribution in [0.3, 0.4) is 0 Å². The maximum atomic E-state index is 6.47. The topological polar surface area (TPSA) is 24.9 Å². The number of pyridine rings is 1. The summed E-state index contributed by atoms with van der Waals surface area (Å²) in [5.74, 6) is 0. The second kappa shape index (κ2) is 7.41. The second-order valence-electron chi connectivity index (χ2n) is 5.01. The van der Waals surface area contributed by atoms with Gasteiger partial charge in [-0.3, -0.25) is 4.98 Å². The van der Waals surface area contributed by atoms with Crippen LogP contribution in [-0.4, -0.2) is 11.5 Å². The van der Waals surface area contributed by atoms with E-state index in [-0.39, 0.29) is 6.04 Å². The van der Waals surface area contributed by atoms with Crippen LogP contribution in [0.25, 0.3) is 0 Å². The molecule has 0 fully saturated rings. The van der Waals surface area contributed by atoms with Gasteiger partial charge in [0.2, 0.25) is 0 Å². The monoisotopic (exact) mass is 288 g/mol. The van der Waals surface area contributed by atoms with Crippen LogP contribution in [0.15, 0.2) is 42.6 Å². The van der Waals surface area contributed by atoms with Crippen molar-refractivity contribution in [2.45, 2.75) is 32.7 Å². The molecule has 0 saturated heterocycles. The van der Waals surface area contributed by atoms with E-state index in [0.717, 1.165) is 41.2 Å². The van der Waals surface area contributed by atoms with Crippen LogP contribution in [0.1, 0.15) is 36.2 Å². The zero-order chi connectivity index (χ0) is 14.4. The van der Waals surface area contributed by atoms with E-state index < -0.39 is 0 Å². The Balaban J connectivity index is 2.25. The molecular formula is C17H21ClN2. The number of nitrogens with zero attached hydrogens (tertiary/aromatic N) is 1. The summed E-state index contributed by atoms with van der Waals surface area (Å²) in [6.07, 6.45) is 3.79. The summed E-state index contributed by atoms with van der Waals surface area (Å²) >= 11 is 6.47. The lowest BCUT2D eigenvalue weighted by atomic mass is 9.99. The first-order chi connectivity index (χ1) is 9.72. The smallest absolute Gasteiger partial charge is 0.0483 e. The van der Waals surface area contributed by atoms with E-state index in [1.807, 2.05) is 31.3 Å². The highest BCUT2D eigenvalue weighted by Crippen LogP contribution is 2.28. The number of nitrogens with one attached hydrogen (secondary N) is 1. The van der Waals surface area contributed by atoms with Gasteiger partial charge in [0.1, 0.15) is 0 Å². The Morgan fingerprint density at radius 1 is 1.20 bits per heavy atom. The van der Waals surface area contributed by atoms with Gasteiger partial charge in [-0.25, -0.2) is 0 Å². The summed E-state index contributed by atoms with van der Waals surface area (Å²) in [5.41, 5.74) is 3.36. The Morgan fingerprint density at radius 3 is 2.75 bits per heavy atom. The Labute approximate surface area is 126 Å². The maximum Gasteiger partial charge on any atom is 0.0483 e. The van der Waals surface area contributed by atoms with Gasteiger partial charge in [0.25, 0.3) is 0 Å². The fraction of sp³-hybridized carbons (Fsp3) is 0.353. The summed E-state index contributed by atoms with van der Waals surface area (Å²) in [4.78, 5) is 4.42. The van der Waals surface area contributed by atoms with E-state index >= 15 is 0 Å². The highest BCUT2D eigenvalue weighted by Gasteiger charge is 2.16. The number of hydrogen-bond donors (Lipinski definition) is 1. The standard InChI is InChI=1S/C17H21ClN2/c1-3-10-20-16(12-14-8-4-5-11-19-14)15-9-6-7-13(2)17(15)18/h4-9,11,16,20H,3,10,12H2,1-2H3. The van der Waals surface area contributed by atoms with Crippen molar-refractivity contribution in [3.63, 3.8) is 0 Å². The van der Waals surface area contributed by atoms with Crippen LogP contribution >= 0.6 is 11.6 Å². The van der Waals surface area contributed by atoms with E-state index in [1.54, 1.807) is 0 Å². The van der Waals surface area contributed by atoms with Gasteiger partial charge in [0.05, 0.1) is 0 Å². The number of aryl methyl sites for hydroxylation is 1. The lowest BCUT2D eigenvalue weighted by Gasteiger charge is -2.20. The van der Waals surface area contributed by atoms with Crippen molar-refractivity contribution < 1.29 is 0 Å². The number of rotatable bonds is 6. The van der Waals surface area contributed by atoms with Crippen LogP contribution in [0.4, 0.5) is 0 Å². The van der Waals surface area contributed by atoms with Crippen LogP contribution in [0.2, 0.25) is 5.02 Å². The van der Waals surface area contributed by atoms with Gasteiger partial charge in [-0.05, 0) is 43.1 Å². The third kappa shape index (κ3) is 3.81. The molecular weight excluding hydrogens is 268 g/mol. The predicted molar refractivity (Wildman–Crippen MR) is 85.2 cm³/mol. The largest absolute Gasteiger partial charge is 0.310 e. The third-order valence-electron chi connectivity index (χ3n) is 3.38. The number of hydrogen-bond acceptors (Lipinski definition) is 2. The molecule has 3 heteroatoms. The van der Waals surface area contributed by atoms with Gasteiger partial charge in [-0.2, -0.15) is 0 Å². The van der Waals surface area contributed by atoms with Crippen LogP contribution in [-0.2, 0) is 6.42 Å². The summed E-state index contributed by atoms with van der Waals surface area (Å²) in [7, 11) is 0. The molecule has 0 amide bonds. The van der Waals surface area contributed by atoms with Gasteiger partial charge in [0.15, 0.2) is 0 Å². The maximum absolute atomic E-state index is 6.47. The van der Waals surface area contributed by atoms with E-state index in [1.165, 1.54) is 0 Å². The summed E-state index contributed by atoms with van der Waals surface area (Å²) < 4.78 is 0. The minimum Gasteiger partial charge on any atom is -0.310 e. The van der Waals surface area contributed by atoms with Gasteiger partial charge < -0.3 is 5.32 Å². The Bertz CT molecular complexity index is 540. The minimum absolute atomic E-state index is 0.206. The first-order valence-electron chi connectivity index (χ1n) is 7.10. The average Bonchev–Trinajstić information content (AvgIpc) is 2.48. The first-order valence-corrected chi connectivity index (χ1v) is 7.48. The molecule has 1 unspecified atom stereocenters. The summed E-state index contributed by atoms with van der Waals surface area (Å²) in [6.45, 7) is 5.19. The van der Waals surface area contributed by atoms with E-state index in [0.29, 0.717) is 0 Å². The van der Waals surface area contributed by atoms with Crippen LogP contribution < -0.4 is 5.32 Å². The van der Waals surface area contributed by atoms with Crippen molar-refractivity contribution >= 4 is 11.6 Å². The molecule has 0 radical (unpaired) electrons. The van der Waals surface area contributed by atoms with Gasteiger partial charge in [0, 0.05) is 29.4 Å². The van der Waals surface area contributed by atoms with Crippen molar-refractivity contribution in [3.05, 3.63) is 64.4 Å². The molecule has 20 heavy (non-hydrogen) atoms. The molecule has 0 spiro atoms. The summed E-state index contributed by atoms with van der Waals surface area (Å²) in [6, 6.07) is 12.4. The molecule has 0 saturated carbocycles. The fourth-order valence-corrected chi connectivity index (χ4v) is 2.54. The molecule has 2 nitrogen and oxygen atoms in total. The number of benzene rings is 1. The molecule has 0 aliphatic rings. The van der Waals surface area contributed by atoms with E-state index in [4.69, 9.17) is 11.6 Å². The molecule has 0 aliphatic heterocycles. The lowest BCUT2D eigenvalue weighted by Crippen LogP contribution is -2.24. The normalized spacial score (nSPS) is 12.3. The zero-order valence-corrected chi connectivity index (χ0v) is 12.8. The first kappa shape index (κ1) is 15.0. The Morgan fingerprint density at radius 2 is 2.05 bits per heavy atom. The molecule has 1 aromatic carbocycles. The second-order valence-corrected chi connectivity index (χ2v) is 5.39. The fourth-order valence-electron chi connectivity index (χ4n) is 2.28. The van der Waals surface area contributed by atoms with Crippen LogP contribution in [0.5, 0.6) is 0 Å². The van der Waals surface area contributed by atoms with Gasteiger partial charge >= 0.3 is 0 Å². The van der Waals surface area contributed by atoms with E-state index in [9.17, 15) is 0 Å². The Hall–Kier alpha value is -1.38. The number of halogens is 1. The highest BCUT2D eigenvalue weighted by molar-refractivity contribution is 6.32. The molecule has 1 aromatic heterocycles. The van der Waals surface area contributed by atoms with Crippen molar-refractivity contribution in [1.82, 2.24) is 10.3 Å². The highest BCUT2D eigenvalue weighted by atomic mass is 35.5. The molecule has 1 N–H and O–H groups in total. The van der Waals surface area contributed by atoms with Crippen LogP contribution in [0, 0.1) is 6.92 Å². The molecule has 0 aliphatic carbocycles. The van der Waals surface area contributed by atoms with Crippen molar-refractivity contribution in [2.24, 2.45) is 0 Å². The molecule has 0 bridgehead atoms. The Kier molecular flexibility index (Phi) is 5.57. The van der Waals surface area contributed by atoms with Gasteiger partial charge in [-0.1, -0.05) is 42.8 Å². The van der Waals surface area contributed by atoms with Crippen molar-refractivity contribution in [1.29, 1.82) is 0 Å². The average molecular weight is 289 g/mol. The number of aromatic nitrogens is 1.